The average molecular weight is 362 g/mol. The molecule has 0 aromatic heterocycles. The van der Waals surface area contributed by atoms with Crippen molar-refractivity contribution in [2.24, 2.45) is 0 Å². The molecule has 1 fully saturated rings. The Kier molecular flexibility index (Phi) is 6.42. The lowest BCUT2D eigenvalue weighted by molar-refractivity contribution is 0.290. The molecule has 0 radical (unpaired) electrons. The fourth-order valence-electron chi connectivity index (χ4n) is 3.70. The summed E-state index contributed by atoms with van der Waals surface area (Å²) in [6.45, 7) is 7.04. The Labute approximate surface area is 161 Å². The molecule has 1 saturated carbocycles. The third-order valence-corrected chi connectivity index (χ3v) is 5.12. The van der Waals surface area contributed by atoms with Crippen LogP contribution in [0.25, 0.3) is 11.1 Å². The predicted octanol–water partition coefficient (Wildman–Crippen LogP) is 6.03. The van der Waals surface area contributed by atoms with Gasteiger partial charge in [-0.15, -0.1) is 0 Å². The topological polar surface area (TPSA) is 27.0 Å². The van der Waals surface area contributed by atoms with Crippen LogP contribution in [0.5, 0.6) is 0 Å². The average Bonchev–Trinajstić information content (AvgIpc) is 3.55. The van der Waals surface area contributed by atoms with Crippen molar-refractivity contribution in [1.82, 2.24) is 4.90 Å². The highest BCUT2D eigenvalue weighted by Gasteiger charge is 2.29. The molecule has 0 atom stereocenters. The number of hydrogen-bond donors (Lipinski definition) is 0. The van der Waals surface area contributed by atoms with Gasteiger partial charge in [0.05, 0.1) is 5.56 Å². The Morgan fingerprint density at radius 1 is 1.15 bits per heavy atom. The van der Waals surface area contributed by atoms with Crippen molar-refractivity contribution in [2.75, 3.05) is 13.1 Å². The Balaban J connectivity index is 0.00000102. The number of hydrogen-bond acceptors (Lipinski definition) is 2. The molecule has 0 bridgehead atoms. The fraction of sp³-hybridized carbons (Fsp3) is 0.375. The van der Waals surface area contributed by atoms with E-state index in [1.807, 2.05) is 26.0 Å². The van der Waals surface area contributed by atoms with Gasteiger partial charge in [-0.05, 0) is 59.6 Å². The van der Waals surface area contributed by atoms with E-state index in [0.717, 1.165) is 37.2 Å². The van der Waals surface area contributed by atoms with E-state index >= 15 is 0 Å². The molecular formula is C24H27FN2. The number of halogens is 1. The zero-order chi connectivity index (χ0) is 19.2. The summed E-state index contributed by atoms with van der Waals surface area (Å²) in [5.41, 5.74) is 4.84. The number of benzene rings is 2. The molecule has 2 aliphatic rings. The summed E-state index contributed by atoms with van der Waals surface area (Å²) in [6, 6.07) is 13.3. The second-order valence-corrected chi connectivity index (χ2v) is 6.95. The van der Waals surface area contributed by atoms with Crippen LogP contribution in [0, 0.1) is 17.1 Å². The minimum absolute atomic E-state index is 0.105. The van der Waals surface area contributed by atoms with Crippen molar-refractivity contribution in [3.63, 3.8) is 0 Å². The number of rotatable bonds is 4. The fourth-order valence-corrected chi connectivity index (χ4v) is 3.70. The SMILES string of the molecule is CC.N#Cc1ccc(-c2cccc(CN3CC=CCC3)c2C2CC2)cc1F. The van der Waals surface area contributed by atoms with E-state index in [1.54, 1.807) is 6.07 Å². The van der Waals surface area contributed by atoms with Crippen LogP contribution in [0.2, 0.25) is 0 Å². The minimum Gasteiger partial charge on any atom is -0.295 e. The molecule has 0 spiro atoms. The molecule has 1 aliphatic carbocycles. The first kappa shape index (κ1) is 19.3. The molecule has 1 heterocycles. The Morgan fingerprint density at radius 2 is 1.96 bits per heavy atom. The van der Waals surface area contributed by atoms with Gasteiger partial charge < -0.3 is 0 Å². The van der Waals surface area contributed by atoms with Gasteiger partial charge in [0.15, 0.2) is 0 Å². The minimum atomic E-state index is -0.437. The summed E-state index contributed by atoms with van der Waals surface area (Å²) in [4.78, 5) is 2.46. The number of nitriles is 1. The van der Waals surface area contributed by atoms with Gasteiger partial charge in [-0.1, -0.05) is 50.3 Å². The number of nitrogens with zero attached hydrogens (tertiary/aromatic N) is 2. The maximum Gasteiger partial charge on any atom is 0.141 e. The van der Waals surface area contributed by atoms with Gasteiger partial charge in [0, 0.05) is 19.6 Å². The van der Waals surface area contributed by atoms with E-state index in [0.29, 0.717) is 5.92 Å². The van der Waals surface area contributed by atoms with Crippen LogP contribution in [-0.4, -0.2) is 18.0 Å². The first-order valence-corrected chi connectivity index (χ1v) is 9.95. The normalized spacial score (nSPS) is 16.4. The Hall–Kier alpha value is -2.44. The first-order valence-electron chi connectivity index (χ1n) is 9.95. The highest BCUT2D eigenvalue weighted by molar-refractivity contribution is 5.71. The molecule has 1 aliphatic heterocycles. The van der Waals surface area contributed by atoms with Crippen molar-refractivity contribution in [3.8, 4) is 17.2 Å². The van der Waals surface area contributed by atoms with E-state index in [4.69, 9.17) is 5.26 Å². The lowest BCUT2D eigenvalue weighted by Gasteiger charge is -2.25. The van der Waals surface area contributed by atoms with Crippen LogP contribution < -0.4 is 0 Å². The molecule has 4 rings (SSSR count). The van der Waals surface area contributed by atoms with Crippen LogP contribution in [-0.2, 0) is 6.54 Å². The summed E-state index contributed by atoms with van der Waals surface area (Å²) in [6.07, 6.45) is 8.01. The van der Waals surface area contributed by atoms with E-state index in [-0.39, 0.29) is 5.56 Å². The van der Waals surface area contributed by atoms with Crippen molar-refractivity contribution < 1.29 is 4.39 Å². The monoisotopic (exact) mass is 362 g/mol. The standard InChI is InChI=1S/C22H21FN2.C2H6/c23-21-13-17(9-10-18(21)14-24)20-6-4-5-19(22(20)16-7-8-16)15-25-11-2-1-3-12-25;1-2/h1-2,4-6,9-10,13,16H,3,7-8,11-12,15H2;1-2H3. The van der Waals surface area contributed by atoms with E-state index in [2.05, 4.69) is 35.3 Å². The quantitative estimate of drug-likeness (QED) is 0.621. The van der Waals surface area contributed by atoms with Gasteiger partial charge in [-0.25, -0.2) is 4.39 Å². The summed E-state index contributed by atoms with van der Waals surface area (Å²) < 4.78 is 14.1. The maximum atomic E-state index is 14.1. The van der Waals surface area contributed by atoms with Crippen molar-refractivity contribution in [1.29, 1.82) is 5.26 Å². The largest absolute Gasteiger partial charge is 0.295 e. The maximum absolute atomic E-state index is 14.1. The molecule has 2 aromatic rings. The molecule has 0 unspecified atom stereocenters. The Morgan fingerprint density at radius 3 is 2.59 bits per heavy atom. The van der Waals surface area contributed by atoms with Gasteiger partial charge in [0.2, 0.25) is 0 Å². The highest BCUT2D eigenvalue weighted by atomic mass is 19.1. The molecule has 2 aromatic carbocycles. The summed E-state index contributed by atoms with van der Waals surface area (Å²) >= 11 is 0. The second-order valence-electron chi connectivity index (χ2n) is 6.95. The lowest BCUT2D eigenvalue weighted by Crippen LogP contribution is -2.27. The van der Waals surface area contributed by atoms with Gasteiger partial charge in [-0.3, -0.25) is 4.90 Å². The predicted molar refractivity (Wildman–Crippen MR) is 109 cm³/mol. The Bertz CT molecular complexity index is 859. The third kappa shape index (κ3) is 4.46. The third-order valence-electron chi connectivity index (χ3n) is 5.12. The van der Waals surface area contributed by atoms with Gasteiger partial charge in [-0.2, -0.15) is 5.26 Å². The van der Waals surface area contributed by atoms with Crippen LogP contribution in [0.15, 0.2) is 48.6 Å². The molecule has 27 heavy (non-hydrogen) atoms. The van der Waals surface area contributed by atoms with Crippen molar-refractivity contribution in [3.05, 3.63) is 71.1 Å². The summed E-state index contributed by atoms with van der Waals surface area (Å²) in [5.74, 6) is 0.151. The zero-order valence-electron chi connectivity index (χ0n) is 16.2. The molecule has 140 valence electrons. The lowest BCUT2D eigenvalue weighted by atomic mass is 9.91. The summed E-state index contributed by atoms with van der Waals surface area (Å²) in [7, 11) is 0. The smallest absolute Gasteiger partial charge is 0.141 e. The van der Waals surface area contributed by atoms with Crippen LogP contribution in [0.1, 0.15) is 55.7 Å². The second kappa shape index (κ2) is 8.97. The molecular weight excluding hydrogens is 335 g/mol. The van der Waals surface area contributed by atoms with Gasteiger partial charge >= 0.3 is 0 Å². The van der Waals surface area contributed by atoms with Crippen LogP contribution >= 0.6 is 0 Å². The van der Waals surface area contributed by atoms with Crippen LogP contribution in [0.4, 0.5) is 4.39 Å². The summed E-state index contributed by atoms with van der Waals surface area (Å²) in [5, 5.41) is 8.96. The molecule has 0 amide bonds. The van der Waals surface area contributed by atoms with Crippen LogP contribution in [0.3, 0.4) is 0 Å². The molecule has 2 nitrogen and oxygen atoms in total. The first-order chi connectivity index (χ1) is 13.3. The highest BCUT2D eigenvalue weighted by Crippen LogP contribution is 2.46. The molecule has 0 saturated heterocycles. The van der Waals surface area contributed by atoms with Crippen molar-refractivity contribution in [2.45, 2.75) is 45.6 Å². The van der Waals surface area contributed by atoms with Gasteiger partial charge in [0.25, 0.3) is 0 Å². The molecule has 3 heteroatoms. The zero-order valence-corrected chi connectivity index (χ0v) is 16.2. The van der Waals surface area contributed by atoms with E-state index in [1.165, 1.54) is 30.0 Å². The van der Waals surface area contributed by atoms with E-state index < -0.39 is 5.82 Å². The van der Waals surface area contributed by atoms with Crippen molar-refractivity contribution >= 4 is 0 Å². The van der Waals surface area contributed by atoms with E-state index in [9.17, 15) is 4.39 Å². The molecule has 0 N–H and O–H groups in total. The van der Waals surface area contributed by atoms with Gasteiger partial charge in [0.1, 0.15) is 11.9 Å².